The van der Waals surface area contributed by atoms with Crippen LogP contribution in [0.4, 0.5) is 11.4 Å². The number of benzene rings is 2. The number of hydrogen-bond donors (Lipinski definition) is 0. The van der Waals surface area contributed by atoms with Crippen LogP contribution >= 0.6 is 15.9 Å². The van der Waals surface area contributed by atoms with Gasteiger partial charge in [0.1, 0.15) is 5.69 Å². The summed E-state index contributed by atoms with van der Waals surface area (Å²) < 4.78 is 0. The number of nitrogens with zero attached hydrogens (tertiary/aromatic N) is 4. The van der Waals surface area contributed by atoms with Gasteiger partial charge in [-0.1, -0.05) is 64.8 Å². The molecule has 6 nitrogen and oxygen atoms in total. The third-order valence-corrected chi connectivity index (χ3v) is 6.45. The molecule has 1 atom stereocenters. The fourth-order valence-corrected chi connectivity index (χ4v) is 3.95. The third-order valence-electron chi connectivity index (χ3n) is 5.00. The van der Waals surface area contributed by atoms with E-state index in [0.29, 0.717) is 5.84 Å². The van der Waals surface area contributed by atoms with Gasteiger partial charge in [-0.05, 0) is 55.1 Å². The Bertz CT molecular complexity index is 965. The Hall–Kier alpha value is -2.54. The first-order valence-electron chi connectivity index (χ1n) is 9.31. The molecule has 2 aromatic carbocycles. The van der Waals surface area contributed by atoms with E-state index in [-0.39, 0.29) is 16.7 Å². The van der Waals surface area contributed by atoms with E-state index in [1.54, 1.807) is 15.3 Å². The van der Waals surface area contributed by atoms with E-state index in [9.17, 15) is 4.79 Å². The number of carbonyl (C=O) groups is 1. The minimum absolute atomic E-state index is 0.0643. The zero-order valence-corrected chi connectivity index (χ0v) is 18.2. The number of halogens is 1. The number of carbonyl (C=O) groups excluding carboxylic acids is 1. The molecule has 7 heteroatoms. The van der Waals surface area contributed by atoms with E-state index in [4.69, 9.17) is 4.94 Å². The fourth-order valence-electron chi connectivity index (χ4n) is 3.76. The highest BCUT2D eigenvalue weighted by Crippen LogP contribution is 2.43. The van der Waals surface area contributed by atoms with Crippen molar-refractivity contribution >= 4 is 39.0 Å². The van der Waals surface area contributed by atoms with Gasteiger partial charge in [0, 0.05) is 5.56 Å². The topological polar surface area (TPSA) is 48.4 Å². The van der Waals surface area contributed by atoms with Crippen molar-refractivity contribution in [2.24, 2.45) is 11.1 Å². The van der Waals surface area contributed by atoms with E-state index < -0.39 is 0 Å². The molecule has 0 saturated heterocycles. The summed E-state index contributed by atoms with van der Waals surface area (Å²) in [5.41, 5.74) is 5.88. The van der Waals surface area contributed by atoms with Crippen LogP contribution in [0.25, 0.3) is 0 Å². The lowest BCUT2D eigenvalue weighted by Gasteiger charge is -2.31. The number of rotatable bonds is 3. The normalized spacial score (nSPS) is 16.1. The quantitative estimate of drug-likeness (QED) is 0.650. The van der Waals surface area contributed by atoms with Gasteiger partial charge >= 0.3 is 0 Å². The summed E-state index contributed by atoms with van der Waals surface area (Å²) in [7, 11) is 0. The molecule has 0 fully saturated rings. The number of hydrogen-bond acceptors (Lipinski definition) is 5. The fraction of sp³-hybridized carbons (Fsp3) is 0.333. The number of fused-ring (bicyclic) bond motifs is 3. The Balaban J connectivity index is 1.84. The Labute approximate surface area is 173 Å². The maximum Gasteiger partial charge on any atom is 0.261 e. The lowest BCUT2D eigenvalue weighted by Crippen LogP contribution is -2.54. The summed E-state index contributed by atoms with van der Waals surface area (Å²) in [6.45, 7) is 10.2. The minimum Gasteiger partial charge on any atom is -0.271 e. The molecule has 0 spiro atoms. The van der Waals surface area contributed by atoms with Crippen molar-refractivity contribution in [1.82, 2.24) is 5.12 Å². The molecule has 1 amide bonds. The molecule has 2 aliphatic rings. The van der Waals surface area contributed by atoms with E-state index in [0.717, 1.165) is 28.1 Å². The van der Waals surface area contributed by atoms with Crippen molar-refractivity contribution in [1.29, 1.82) is 0 Å². The monoisotopic (exact) mass is 442 g/mol. The average Bonchev–Trinajstić information content (AvgIpc) is 3.18. The number of hydrazine groups is 2. The van der Waals surface area contributed by atoms with E-state index in [1.807, 2.05) is 38.1 Å². The second-order valence-corrected chi connectivity index (χ2v) is 8.60. The number of oxime groups is 1. The Morgan fingerprint density at radius 2 is 1.68 bits per heavy atom. The maximum absolute atomic E-state index is 13.4. The van der Waals surface area contributed by atoms with Crippen LogP contribution < -0.4 is 10.2 Å². The molecule has 2 aromatic rings. The molecule has 0 unspecified atom stereocenters. The lowest BCUT2D eigenvalue weighted by molar-refractivity contribution is -0.121. The van der Waals surface area contributed by atoms with E-state index in [1.165, 1.54) is 5.56 Å². The predicted molar refractivity (Wildman–Crippen MR) is 114 cm³/mol. The first-order chi connectivity index (χ1) is 13.3. The third kappa shape index (κ3) is 2.76. The summed E-state index contributed by atoms with van der Waals surface area (Å²) in [6, 6.07) is 11.9. The van der Waals surface area contributed by atoms with E-state index in [2.05, 4.69) is 54.0 Å². The van der Waals surface area contributed by atoms with Gasteiger partial charge in [0.2, 0.25) is 5.84 Å². The molecule has 0 aliphatic carbocycles. The Morgan fingerprint density at radius 3 is 2.29 bits per heavy atom. The molecule has 0 N–H and O–H groups in total. The Kier molecular flexibility index (Phi) is 4.57. The van der Waals surface area contributed by atoms with Crippen molar-refractivity contribution in [2.45, 2.75) is 39.4 Å². The van der Waals surface area contributed by atoms with Crippen LogP contribution in [0.15, 0.2) is 41.6 Å². The van der Waals surface area contributed by atoms with Crippen molar-refractivity contribution in [3.05, 3.63) is 58.7 Å². The van der Waals surface area contributed by atoms with Crippen LogP contribution in [-0.4, -0.2) is 21.7 Å². The zero-order valence-electron chi connectivity index (χ0n) is 16.6. The van der Waals surface area contributed by atoms with Gasteiger partial charge in [-0.3, -0.25) is 4.79 Å². The van der Waals surface area contributed by atoms with Gasteiger partial charge in [0.15, 0.2) is 0 Å². The van der Waals surface area contributed by atoms with Gasteiger partial charge in [0.05, 0.1) is 10.5 Å². The first-order valence-corrected chi connectivity index (χ1v) is 10.2. The van der Waals surface area contributed by atoms with Crippen molar-refractivity contribution < 1.29 is 9.73 Å². The van der Waals surface area contributed by atoms with Crippen LogP contribution in [0, 0.1) is 26.7 Å². The standard InChI is InChI=1S/C21H23BrN4O2/c1-12(2)19(22)21(27)24-16-8-6-7-9-17(16)26-25(24)20(23-28-26)18-14(4)10-13(3)11-15(18)5/h6-12,19H,1-5H3/t19-/m1/s1. The second kappa shape index (κ2) is 6.81. The van der Waals surface area contributed by atoms with Crippen LogP contribution in [0.2, 0.25) is 0 Å². The number of anilines is 2. The predicted octanol–water partition coefficient (Wildman–Crippen LogP) is 4.62. The van der Waals surface area contributed by atoms with Gasteiger partial charge in [-0.25, -0.2) is 4.94 Å². The molecule has 0 aromatic heterocycles. The number of para-hydroxylation sites is 2. The zero-order chi connectivity index (χ0) is 20.2. The van der Waals surface area contributed by atoms with Gasteiger partial charge < -0.3 is 0 Å². The molecule has 0 bridgehead atoms. The molecule has 28 heavy (non-hydrogen) atoms. The summed E-state index contributed by atoms with van der Waals surface area (Å²) >= 11 is 3.56. The molecule has 146 valence electrons. The Morgan fingerprint density at radius 1 is 1.07 bits per heavy atom. The molecule has 4 rings (SSSR count). The first kappa shape index (κ1) is 18.8. The summed E-state index contributed by atoms with van der Waals surface area (Å²) in [4.78, 5) is 18.7. The summed E-state index contributed by atoms with van der Waals surface area (Å²) in [5.74, 6) is 0.675. The van der Waals surface area contributed by atoms with Gasteiger partial charge in [-0.2, -0.15) is 5.01 Å². The molecule has 0 radical (unpaired) electrons. The number of alkyl halides is 1. The maximum atomic E-state index is 13.4. The van der Waals surface area contributed by atoms with Crippen LogP contribution in [0.3, 0.4) is 0 Å². The molecule has 2 heterocycles. The van der Waals surface area contributed by atoms with Crippen LogP contribution in [0.1, 0.15) is 36.1 Å². The smallest absolute Gasteiger partial charge is 0.261 e. The largest absolute Gasteiger partial charge is 0.271 e. The number of amides is 1. The summed E-state index contributed by atoms with van der Waals surface area (Å²) in [6.07, 6.45) is 0. The van der Waals surface area contributed by atoms with Gasteiger partial charge in [-0.15, -0.1) is 5.12 Å². The molecule has 2 aliphatic heterocycles. The van der Waals surface area contributed by atoms with Gasteiger partial charge in [0.25, 0.3) is 5.91 Å². The van der Waals surface area contributed by atoms with Crippen molar-refractivity contribution in [3.8, 4) is 0 Å². The van der Waals surface area contributed by atoms with Crippen molar-refractivity contribution in [3.63, 3.8) is 0 Å². The van der Waals surface area contributed by atoms with Crippen LogP contribution in [-0.2, 0) is 9.73 Å². The second-order valence-electron chi connectivity index (χ2n) is 7.62. The average molecular weight is 443 g/mol. The number of aryl methyl sites for hydroxylation is 3. The number of amidine groups is 1. The highest BCUT2D eigenvalue weighted by molar-refractivity contribution is 9.10. The van der Waals surface area contributed by atoms with Crippen LogP contribution in [0.5, 0.6) is 0 Å². The summed E-state index contributed by atoms with van der Waals surface area (Å²) in [5, 5.41) is 9.29. The highest BCUT2D eigenvalue weighted by atomic mass is 79.9. The lowest BCUT2D eigenvalue weighted by atomic mass is 9.99. The molecule has 0 saturated carbocycles. The molecular weight excluding hydrogens is 420 g/mol. The molecular formula is C21H23BrN4O2. The SMILES string of the molecule is Cc1cc(C)c(C2=NON3c4ccccc4N(C(=O)[C@H](Br)C(C)C)N23)c(C)c1. The minimum atomic E-state index is -0.331. The highest BCUT2D eigenvalue weighted by Gasteiger charge is 2.48. The van der Waals surface area contributed by atoms with Crippen molar-refractivity contribution in [2.75, 3.05) is 10.2 Å². The van der Waals surface area contributed by atoms with E-state index >= 15 is 0 Å².